The van der Waals surface area contributed by atoms with Crippen LogP contribution in [0.3, 0.4) is 0 Å². The Balaban J connectivity index is 2.17. The van der Waals surface area contributed by atoms with Crippen LogP contribution < -0.4 is 0 Å². The number of hydrogen-bond donors (Lipinski definition) is 1. The van der Waals surface area contributed by atoms with Gasteiger partial charge in [-0.15, -0.1) is 0 Å². The summed E-state index contributed by atoms with van der Waals surface area (Å²) in [5, 5.41) is 9.41. The molecule has 0 fully saturated rings. The van der Waals surface area contributed by atoms with Crippen molar-refractivity contribution in [3.8, 4) is 11.8 Å². The molecular formula is C17H16O. The van der Waals surface area contributed by atoms with Crippen LogP contribution in [-0.4, -0.2) is 5.11 Å². The summed E-state index contributed by atoms with van der Waals surface area (Å²) in [5.74, 6) is 6.24. The number of rotatable bonds is 1. The summed E-state index contributed by atoms with van der Waals surface area (Å²) in [6.45, 7) is 3.82. The highest BCUT2D eigenvalue weighted by Crippen LogP contribution is 2.12. The molecule has 0 heterocycles. The van der Waals surface area contributed by atoms with Crippen LogP contribution in [0.4, 0.5) is 0 Å². The van der Waals surface area contributed by atoms with Crippen LogP contribution in [0.25, 0.3) is 0 Å². The first-order valence-corrected chi connectivity index (χ1v) is 6.02. The van der Waals surface area contributed by atoms with Crippen molar-refractivity contribution < 1.29 is 5.11 Å². The molecule has 18 heavy (non-hydrogen) atoms. The van der Waals surface area contributed by atoms with Gasteiger partial charge in [0.15, 0.2) is 0 Å². The molecule has 0 saturated heterocycles. The molecular weight excluding hydrogens is 220 g/mol. The zero-order chi connectivity index (χ0) is 13.0. The summed E-state index contributed by atoms with van der Waals surface area (Å²) < 4.78 is 0. The second-order valence-corrected chi connectivity index (χ2v) is 4.41. The van der Waals surface area contributed by atoms with Gasteiger partial charge in [0.05, 0.1) is 6.10 Å². The maximum absolute atomic E-state index is 9.41. The number of benzene rings is 2. The van der Waals surface area contributed by atoms with Crippen molar-refractivity contribution in [3.05, 3.63) is 70.8 Å². The Kier molecular flexibility index (Phi) is 3.82. The lowest BCUT2D eigenvalue weighted by Crippen LogP contribution is -1.89. The van der Waals surface area contributed by atoms with E-state index in [1.165, 1.54) is 5.56 Å². The van der Waals surface area contributed by atoms with Crippen molar-refractivity contribution in [2.75, 3.05) is 0 Å². The van der Waals surface area contributed by atoms with E-state index in [1.807, 2.05) is 36.4 Å². The van der Waals surface area contributed by atoms with Gasteiger partial charge < -0.3 is 5.11 Å². The Bertz CT molecular complexity index is 566. The maximum Gasteiger partial charge on any atom is 0.0761 e. The number of hydrogen-bond acceptors (Lipinski definition) is 1. The zero-order valence-corrected chi connectivity index (χ0v) is 10.6. The third-order valence-corrected chi connectivity index (χ3v) is 2.80. The predicted molar refractivity (Wildman–Crippen MR) is 74.2 cm³/mol. The van der Waals surface area contributed by atoms with Gasteiger partial charge in [-0.1, -0.05) is 41.7 Å². The van der Waals surface area contributed by atoms with E-state index < -0.39 is 6.10 Å². The molecule has 0 amide bonds. The van der Waals surface area contributed by atoms with Crippen LogP contribution in [-0.2, 0) is 0 Å². The van der Waals surface area contributed by atoms with E-state index in [0.717, 1.165) is 16.7 Å². The number of aliphatic hydroxyl groups excluding tert-OH is 1. The zero-order valence-electron chi connectivity index (χ0n) is 10.6. The van der Waals surface area contributed by atoms with E-state index in [1.54, 1.807) is 6.92 Å². The van der Waals surface area contributed by atoms with Gasteiger partial charge in [-0.05, 0) is 43.7 Å². The first kappa shape index (κ1) is 12.4. The van der Waals surface area contributed by atoms with Crippen molar-refractivity contribution >= 4 is 0 Å². The lowest BCUT2D eigenvalue weighted by molar-refractivity contribution is 0.199. The summed E-state index contributed by atoms with van der Waals surface area (Å²) in [5.41, 5.74) is 4.12. The topological polar surface area (TPSA) is 20.2 Å². The van der Waals surface area contributed by atoms with Crippen LogP contribution in [0, 0.1) is 18.8 Å². The van der Waals surface area contributed by atoms with Gasteiger partial charge in [-0.3, -0.25) is 0 Å². The first-order chi connectivity index (χ1) is 8.65. The fraction of sp³-hybridized carbons (Fsp3) is 0.176. The van der Waals surface area contributed by atoms with Gasteiger partial charge >= 0.3 is 0 Å². The molecule has 90 valence electrons. The summed E-state index contributed by atoms with van der Waals surface area (Å²) in [4.78, 5) is 0. The minimum atomic E-state index is -0.427. The normalized spacial score (nSPS) is 11.5. The molecule has 1 N–H and O–H groups in total. The van der Waals surface area contributed by atoms with Crippen LogP contribution in [0.5, 0.6) is 0 Å². The fourth-order valence-electron chi connectivity index (χ4n) is 1.63. The summed E-state index contributed by atoms with van der Waals surface area (Å²) >= 11 is 0. The lowest BCUT2D eigenvalue weighted by Gasteiger charge is -2.02. The maximum atomic E-state index is 9.41. The minimum Gasteiger partial charge on any atom is -0.389 e. The van der Waals surface area contributed by atoms with Gasteiger partial charge in [-0.25, -0.2) is 0 Å². The van der Waals surface area contributed by atoms with Crippen molar-refractivity contribution in [3.63, 3.8) is 0 Å². The smallest absolute Gasteiger partial charge is 0.0761 e. The molecule has 2 rings (SSSR count). The number of aryl methyl sites for hydroxylation is 1. The van der Waals surface area contributed by atoms with E-state index in [4.69, 9.17) is 0 Å². The van der Waals surface area contributed by atoms with Gasteiger partial charge in [-0.2, -0.15) is 0 Å². The second-order valence-electron chi connectivity index (χ2n) is 4.41. The average molecular weight is 236 g/mol. The standard InChI is InChI=1S/C17H16O/c1-13-3-5-15(6-4-13)7-8-16-9-11-17(12-10-16)14(2)18/h3-6,9-12,14,18H,1-2H3/t14-/m0/s1. The van der Waals surface area contributed by atoms with Gasteiger partial charge in [0.25, 0.3) is 0 Å². The molecule has 0 aliphatic heterocycles. The Morgan fingerprint density at radius 3 is 1.72 bits per heavy atom. The Morgan fingerprint density at radius 1 is 0.833 bits per heavy atom. The molecule has 1 nitrogen and oxygen atoms in total. The van der Waals surface area contributed by atoms with E-state index in [2.05, 4.69) is 30.9 Å². The van der Waals surface area contributed by atoms with Gasteiger partial charge in [0, 0.05) is 11.1 Å². The van der Waals surface area contributed by atoms with Crippen molar-refractivity contribution in [2.45, 2.75) is 20.0 Å². The van der Waals surface area contributed by atoms with Crippen LogP contribution in [0.1, 0.15) is 35.3 Å². The molecule has 0 saturated carbocycles. The van der Waals surface area contributed by atoms with Crippen molar-refractivity contribution in [2.24, 2.45) is 0 Å². The average Bonchev–Trinajstić information content (AvgIpc) is 2.38. The largest absolute Gasteiger partial charge is 0.389 e. The van der Waals surface area contributed by atoms with Crippen molar-refractivity contribution in [1.29, 1.82) is 0 Å². The Morgan fingerprint density at radius 2 is 1.28 bits per heavy atom. The van der Waals surface area contributed by atoms with E-state index >= 15 is 0 Å². The van der Waals surface area contributed by atoms with Gasteiger partial charge in [0.1, 0.15) is 0 Å². The molecule has 0 radical (unpaired) electrons. The molecule has 0 bridgehead atoms. The van der Waals surface area contributed by atoms with Crippen LogP contribution in [0.2, 0.25) is 0 Å². The van der Waals surface area contributed by atoms with E-state index in [-0.39, 0.29) is 0 Å². The molecule has 1 atom stereocenters. The Hall–Kier alpha value is -2.04. The SMILES string of the molecule is Cc1ccc(C#Cc2ccc([C@H](C)O)cc2)cc1. The lowest BCUT2D eigenvalue weighted by atomic mass is 10.1. The highest BCUT2D eigenvalue weighted by molar-refractivity contribution is 5.44. The molecule has 0 unspecified atom stereocenters. The minimum absolute atomic E-state index is 0.427. The molecule has 0 aliphatic carbocycles. The highest BCUT2D eigenvalue weighted by atomic mass is 16.3. The van der Waals surface area contributed by atoms with Crippen LogP contribution in [0.15, 0.2) is 48.5 Å². The molecule has 2 aromatic carbocycles. The predicted octanol–water partition coefficient (Wildman–Crippen LogP) is 3.45. The Labute approximate surface area is 108 Å². The molecule has 0 aliphatic rings. The summed E-state index contributed by atoms with van der Waals surface area (Å²) in [6, 6.07) is 15.8. The fourth-order valence-corrected chi connectivity index (χ4v) is 1.63. The van der Waals surface area contributed by atoms with Crippen molar-refractivity contribution in [1.82, 2.24) is 0 Å². The number of aliphatic hydroxyl groups is 1. The van der Waals surface area contributed by atoms with E-state index in [0.29, 0.717) is 0 Å². The molecule has 0 aromatic heterocycles. The third-order valence-electron chi connectivity index (χ3n) is 2.80. The first-order valence-electron chi connectivity index (χ1n) is 6.02. The molecule has 0 spiro atoms. The highest BCUT2D eigenvalue weighted by Gasteiger charge is 1.98. The summed E-state index contributed by atoms with van der Waals surface area (Å²) in [6.07, 6.45) is -0.427. The monoisotopic (exact) mass is 236 g/mol. The molecule has 1 heteroatoms. The summed E-state index contributed by atoms with van der Waals surface area (Å²) in [7, 11) is 0. The molecule has 2 aromatic rings. The van der Waals surface area contributed by atoms with Gasteiger partial charge in [0.2, 0.25) is 0 Å². The quantitative estimate of drug-likeness (QED) is 0.752. The second kappa shape index (κ2) is 5.53. The van der Waals surface area contributed by atoms with E-state index in [9.17, 15) is 5.11 Å². The third kappa shape index (κ3) is 3.23. The van der Waals surface area contributed by atoms with Crippen LogP contribution >= 0.6 is 0 Å².